The van der Waals surface area contributed by atoms with Crippen LogP contribution >= 0.6 is 11.4 Å². The summed E-state index contributed by atoms with van der Waals surface area (Å²) in [5, 5.41) is 0. The van der Waals surface area contributed by atoms with Gasteiger partial charge in [0.2, 0.25) is 0 Å². The van der Waals surface area contributed by atoms with E-state index in [1.165, 1.54) is 154 Å². The smallest absolute Gasteiger partial charge is 0.854 e. The van der Waals surface area contributed by atoms with E-state index in [0.717, 1.165) is 48.7 Å². The Morgan fingerprint density at radius 1 is 0.306 bits per heavy atom. The SMILES string of the molecule is CCCCCCCCCS(CCCCCCCCC)=P([O-])([O-])[S-].CCCCCCCCCS(CCCCCCCCC)=P([O-])([O-])[S-].[Ba+2].[Ba+2].[Ba+2]. The fraction of sp³-hybridized carbons (Fsp3) is 1.00. The summed E-state index contributed by atoms with van der Waals surface area (Å²) < 4.78 is 0. The van der Waals surface area contributed by atoms with Crippen molar-refractivity contribution in [3.05, 3.63) is 0 Å². The average Bonchev–Trinajstić information content (AvgIpc) is 3.00. The van der Waals surface area contributed by atoms with Crippen LogP contribution in [-0.2, 0) is 44.6 Å². The third-order valence-corrected chi connectivity index (χ3v) is 22.7. The summed E-state index contributed by atoms with van der Waals surface area (Å²) in [6, 6.07) is 0. The van der Waals surface area contributed by atoms with Crippen molar-refractivity contribution in [3.8, 4) is 0 Å². The molecule has 0 heterocycles. The predicted molar refractivity (Wildman–Crippen MR) is 232 cm³/mol. The molecule has 0 N–H and O–H groups in total. The van der Waals surface area contributed by atoms with Gasteiger partial charge in [-0.3, -0.25) is 0 Å². The van der Waals surface area contributed by atoms with Gasteiger partial charge in [0.15, 0.2) is 0 Å². The average molecular weight is 1180 g/mol. The fourth-order valence-corrected chi connectivity index (χ4v) is 15.9. The molecular weight excluding hydrogens is 1100 g/mol. The molecule has 0 aromatic rings. The van der Waals surface area contributed by atoms with Gasteiger partial charge in [-0.05, 0) is 48.7 Å². The Balaban J connectivity index is -0.000000248. The standard InChI is InChI=1S/2C18H38O2PS2.3Ba/c2*1-3-5-7-9-11-13-15-17-23(21(19,20)22)18-16-14-12-10-8-6-4-2;;;/h2*3-18H2,1-2H3;;;/q2*-3;3*+2. The minimum Gasteiger partial charge on any atom is -0.854 e. The number of hydrogen-bond donors (Lipinski definition) is 0. The topological polar surface area (TPSA) is 92.2 Å². The van der Waals surface area contributed by atoms with Crippen molar-refractivity contribution in [1.82, 2.24) is 0 Å². The Morgan fingerprint density at radius 3 is 0.592 bits per heavy atom. The van der Waals surface area contributed by atoms with Crippen LogP contribution in [0.25, 0.3) is 0 Å². The maximum absolute atomic E-state index is 11.8. The molecule has 0 amide bonds. The Labute approximate surface area is 444 Å². The van der Waals surface area contributed by atoms with Gasteiger partial charge in [0.05, 0.1) is 0 Å². The second kappa shape index (κ2) is 49.2. The van der Waals surface area contributed by atoms with Gasteiger partial charge < -0.3 is 55.5 Å². The monoisotopic (exact) mass is 1180 g/mol. The second-order valence-corrected chi connectivity index (χ2v) is 28.6. The van der Waals surface area contributed by atoms with Crippen molar-refractivity contribution in [2.45, 2.75) is 207 Å². The van der Waals surface area contributed by atoms with E-state index in [9.17, 15) is 19.6 Å². The van der Waals surface area contributed by atoms with Crippen molar-refractivity contribution in [3.63, 3.8) is 0 Å². The van der Waals surface area contributed by atoms with Gasteiger partial charge in [0.25, 0.3) is 0 Å². The molecular formula is C36H76Ba3O4P2S4. The van der Waals surface area contributed by atoms with E-state index in [4.69, 9.17) is 24.5 Å². The quantitative estimate of drug-likeness (QED) is 0.0289. The molecule has 4 nitrogen and oxygen atoms in total. The molecule has 13 heteroatoms. The minimum atomic E-state index is -3.55. The largest absolute Gasteiger partial charge is 2.00 e. The van der Waals surface area contributed by atoms with Gasteiger partial charge >= 0.3 is 147 Å². The third kappa shape index (κ3) is 50.9. The first-order chi connectivity index (χ1) is 22.0. The van der Waals surface area contributed by atoms with Crippen molar-refractivity contribution < 1.29 is 19.6 Å². The minimum absolute atomic E-state index is 0. The summed E-state index contributed by atoms with van der Waals surface area (Å²) in [5.74, 6) is 3.25. The maximum Gasteiger partial charge on any atom is 2.00 e. The molecule has 0 unspecified atom stereocenters. The van der Waals surface area contributed by atoms with Crippen molar-refractivity contribution in [2.24, 2.45) is 0 Å². The van der Waals surface area contributed by atoms with E-state index in [0.29, 0.717) is 0 Å². The molecule has 0 radical (unpaired) electrons. The van der Waals surface area contributed by atoms with E-state index in [-0.39, 0.29) is 147 Å². The molecule has 0 atom stereocenters. The van der Waals surface area contributed by atoms with E-state index < -0.39 is 31.5 Å². The molecule has 0 aromatic heterocycles. The molecule has 49 heavy (non-hydrogen) atoms. The molecule has 0 fully saturated rings. The van der Waals surface area contributed by atoms with E-state index in [2.05, 4.69) is 27.7 Å². The molecule has 0 aromatic carbocycles. The maximum atomic E-state index is 11.8. The van der Waals surface area contributed by atoms with E-state index in [1.807, 2.05) is 0 Å². The van der Waals surface area contributed by atoms with Gasteiger partial charge in [0.1, 0.15) is 0 Å². The Morgan fingerprint density at radius 2 is 0.449 bits per heavy atom. The Hall–Kier alpha value is 6.81. The summed E-state index contributed by atoms with van der Waals surface area (Å²) in [4.78, 5) is 47.2. The first kappa shape index (κ1) is 64.9. The number of unbranched alkanes of at least 4 members (excludes halogenated alkanes) is 24. The third-order valence-electron chi connectivity index (χ3n) is 8.57. The van der Waals surface area contributed by atoms with E-state index in [1.54, 1.807) is 0 Å². The Kier molecular flexibility index (Phi) is 65.2. The molecule has 0 bridgehead atoms. The zero-order valence-corrected chi connectivity index (χ0v) is 51.3. The normalized spacial score (nSPS) is 11.5. The molecule has 0 saturated heterocycles. The number of rotatable bonds is 32. The zero-order valence-electron chi connectivity index (χ0n) is 32.9. The van der Waals surface area contributed by atoms with Crippen LogP contribution in [0.2, 0.25) is 0 Å². The van der Waals surface area contributed by atoms with Crippen LogP contribution in [-0.4, -0.2) is 170 Å². The van der Waals surface area contributed by atoms with Crippen LogP contribution in [0.15, 0.2) is 0 Å². The van der Waals surface area contributed by atoms with Gasteiger partial charge in [-0.1, -0.05) is 182 Å². The van der Waals surface area contributed by atoms with Gasteiger partial charge in [-0.15, -0.1) is 0 Å². The summed E-state index contributed by atoms with van der Waals surface area (Å²) in [6.07, 6.45) is 34.6. The van der Waals surface area contributed by atoms with Crippen LogP contribution < -0.4 is 19.6 Å². The summed E-state index contributed by atoms with van der Waals surface area (Å²) in [7, 11) is -1.09. The molecule has 0 aliphatic carbocycles. The second-order valence-electron chi connectivity index (χ2n) is 13.1. The van der Waals surface area contributed by atoms with Crippen molar-refractivity contribution in [2.75, 3.05) is 23.0 Å². The number of hydrogen-bond acceptors (Lipinski definition) is 6. The van der Waals surface area contributed by atoms with Gasteiger partial charge in [0, 0.05) is 0 Å². The van der Waals surface area contributed by atoms with Crippen LogP contribution in [0.3, 0.4) is 0 Å². The van der Waals surface area contributed by atoms with Crippen LogP contribution in [0.5, 0.6) is 0 Å². The fourth-order valence-electron chi connectivity index (χ4n) is 5.55. The first-order valence-corrected chi connectivity index (χ1v) is 29.1. The molecule has 0 aliphatic heterocycles. The molecule has 0 aliphatic rings. The van der Waals surface area contributed by atoms with Crippen LogP contribution in [0, 0.1) is 0 Å². The first-order valence-electron chi connectivity index (χ1n) is 19.4. The van der Waals surface area contributed by atoms with Crippen molar-refractivity contribution >= 4 is 203 Å². The van der Waals surface area contributed by atoms with E-state index >= 15 is 0 Å². The van der Waals surface area contributed by atoms with Crippen LogP contribution in [0.1, 0.15) is 207 Å². The molecule has 0 spiro atoms. The summed E-state index contributed by atoms with van der Waals surface area (Å²) >= 11 is 9.58. The van der Waals surface area contributed by atoms with Gasteiger partial charge in [-0.2, -0.15) is 0 Å². The summed E-state index contributed by atoms with van der Waals surface area (Å²) in [5.41, 5.74) is -7.09. The van der Waals surface area contributed by atoms with Gasteiger partial charge in [-0.25, -0.2) is 20.1 Å². The Bertz CT molecular complexity index is 654. The molecule has 284 valence electrons. The molecule has 0 saturated carbocycles. The molecule has 0 rings (SSSR count). The van der Waals surface area contributed by atoms with Crippen LogP contribution in [0.4, 0.5) is 0 Å². The predicted octanol–water partition coefficient (Wildman–Crippen LogP) is 8.96. The summed E-state index contributed by atoms with van der Waals surface area (Å²) in [6.45, 7) is 8.91. The zero-order chi connectivity index (χ0) is 34.8. The van der Waals surface area contributed by atoms with Crippen molar-refractivity contribution in [1.29, 1.82) is 0 Å².